The molecule has 2 aromatic carbocycles. The number of nitrogens with zero attached hydrogens (tertiary/aromatic N) is 2. The summed E-state index contributed by atoms with van der Waals surface area (Å²) < 4.78 is 6.54. The second-order valence-corrected chi connectivity index (χ2v) is 4.66. The Hall–Kier alpha value is -3.08. The van der Waals surface area contributed by atoms with Crippen LogP contribution < -0.4 is 0 Å². The summed E-state index contributed by atoms with van der Waals surface area (Å²) in [5.41, 5.74) is 2.01. The molecule has 1 aromatic heterocycles. The molecule has 5 nitrogen and oxygen atoms in total. The molecule has 5 heteroatoms. The molecule has 1 heterocycles. The first-order valence-electron chi connectivity index (χ1n) is 6.72. The predicted molar refractivity (Wildman–Crippen MR) is 82.0 cm³/mol. The summed E-state index contributed by atoms with van der Waals surface area (Å²) in [5, 5.41) is 10.1. The number of esters is 1. The number of rotatable bonds is 3. The topological polar surface area (TPSA) is 64.3 Å². The average Bonchev–Trinajstić information content (AvgIpc) is 3.00. The number of phenols is 1. The van der Waals surface area contributed by atoms with E-state index in [9.17, 15) is 9.90 Å². The third-order valence-electron chi connectivity index (χ3n) is 3.34. The first-order valence-corrected chi connectivity index (χ1v) is 6.72. The molecule has 0 fully saturated rings. The van der Waals surface area contributed by atoms with Gasteiger partial charge in [0.05, 0.1) is 12.8 Å². The van der Waals surface area contributed by atoms with E-state index < -0.39 is 5.97 Å². The zero-order chi connectivity index (χ0) is 15.5. The summed E-state index contributed by atoms with van der Waals surface area (Å²) >= 11 is 0. The third kappa shape index (κ3) is 2.33. The average molecular weight is 294 g/mol. The highest BCUT2D eigenvalue weighted by atomic mass is 16.5. The lowest BCUT2D eigenvalue weighted by atomic mass is 10.1. The fourth-order valence-corrected chi connectivity index (χ4v) is 2.31. The number of para-hydroxylation sites is 2. The number of methoxy groups -OCH3 is 1. The molecule has 0 aliphatic heterocycles. The maximum atomic E-state index is 12.0. The number of benzene rings is 2. The zero-order valence-corrected chi connectivity index (χ0v) is 11.9. The van der Waals surface area contributed by atoms with Crippen LogP contribution in [0.25, 0.3) is 16.9 Å². The van der Waals surface area contributed by atoms with Crippen molar-refractivity contribution in [2.75, 3.05) is 7.11 Å². The number of carbonyl (C=O) groups excluding carboxylic acids is 1. The minimum absolute atomic E-state index is 0.0744. The number of aromatic hydroxyl groups is 1. The largest absolute Gasteiger partial charge is 0.507 e. The van der Waals surface area contributed by atoms with Crippen LogP contribution in [0, 0.1) is 0 Å². The van der Waals surface area contributed by atoms with Gasteiger partial charge in [0.1, 0.15) is 12.1 Å². The Morgan fingerprint density at radius 1 is 1.09 bits per heavy atom. The molecule has 0 aliphatic carbocycles. The van der Waals surface area contributed by atoms with Gasteiger partial charge in [0.2, 0.25) is 0 Å². The van der Waals surface area contributed by atoms with Crippen molar-refractivity contribution in [2.24, 2.45) is 0 Å². The zero-order valence-electron chi connectivity index (χ0n) is 11.9. The van der Waals surface area contributed by atoms with Gasteiger partial charge in [-0.1, -0.05) is 30.3 Å². The summed E-state index contributed by atoms with van der Waals surface area (Å²) in [5.74, 6) is -0.474. The van der Waals surface area contributed by atoms with E-state index in [2.05, 4.69) is 4.98 Å². The standard InChI is InChI=1S/C17H14N2O3/c1-22-17(21)15-16(13-9-5-6-10-14(13)20)19(11-18-15)12-7-3-2-4-8-12/h2-11,20H,1H3. The smallest absolute Gasteiger partial charge is 0.358 e. The molecule has 110 valence electrons. The van der Waals surface area contributed by atoms with Gasteiger partial charge in [0, 0.05) is 11.3 Å². The van der Waals surface area contributed by atoms with Crippen LogP contribution in [0.3, 0.4) is 0 Å². The highest BCUT2D eigenvalue weighted by Gasteiger charge is 2.22. The fraction of sp³-hybridized carbons (Fsp3) is 0.0588. The van der Waals surface area contributed by atoms with Gasteiger partial charge in [-0.05, 0) is 24.3 Å². The maximum absolute atomic E-state index is 12.0. The molecule has 3 rings (SSSR count). The van der Waals surface area contributed by atoms with Crippen molar-refractivity contribution in [3.05, 3.63) is 66.6 Å². The van der Waals surface area contributed by atoms with Crippen molar-refractivity contribution in [3.8, 4) is 22.7 Å². The van der Waals surface area contributed by atoms with Gasteiger partial charge in [0.25, 0.3) is 0 Å². The van der Waals surface area contributed by atoms with Crippen molar-refractivity contribution in [2.45, 2.75) is 0 Å². The van der Waals surface area contributed by atoms with Gasteiger partial charge in [-0.15, -0.1) is 0 Å². The van der Waals surface area contributed by atoms with E-state index in [1.54, 1.807) is 35.2 Å². The van der Waals surface area contributed by atoms with E-state index in [1.807, 2.05) is 30.3 Å². The molecule has 22 heavy (non-hydrogen) atoms. The minimum atomic E-state index is -0.548. The van der Waals surface area contributed by atoms with Crippen molar-refractivity contribution in [3.63, 3.8) is 0 Å². The Labute approximate surface area is 127 Å². The summed E-state index contributed by atoms with van der Waals surface area (Å²) in [6.45, 7) is 0. The number of hydrogen-bond acceptors (Lipinski definition) is 4. The van der Waals surface area contributed by atoms with Crippen molar-refractivity contribution < 1.29 is 14.6 Å². The van der Waals surface area contributed by atoms with Crippen LogP contribution in [0.5, 0.6) is 5.75 Å². The van der Waals surface area contributed by atoms with Gasteiger partial charge >= 0.3 is 5.97 Å². The van der Waals surface area contributed by atoms with E-state index in [0.29, 0.717) is 11.3 Å². The monoisotopic (exact) mass is 294 g/mol. The summed E-state index contributed by atoms with van der Waals surface area (Å²) in [4.78, 5) is 16.1. The Balaban J connectivity index is 2.27. The Bertz CT molecular complexity index is 810. The molecular weight excluding hydrogens is 280 g/mol. The van der Waals surface area contributed by atoms with Gasteiger partial charge in [-0.2, -0.15) is 0 Å². The molecule has 3 aromatic rings. The number of phenolic OH excluding ortho intramolecular Hbond substituents is 1. The Morgan fingerprint density at radius 3 is 2.45 bits per heavy atom. The van der Waals surface area contributed by atoms with Gasteiger partial charge < -0.3 is 9.84 Å². The van der Waals surface area contributed by atoms with Crippen LogP contribution in [0.4, 0.5) is 0 Å². The normalized spacial score (nSPS) is 10.4. The van der Waals surface area contributed by atoms with Crippen LogP contribution >= 0.6 is 0 Å². The van der Waals surface area contributed by atoms with Crippen molar-refractivity contribution >= 4 is 5.97 Å². The fourth-order valence-electron chi connectivity index (χ4n) is 2.31. The van der Waals surface area contributed by atoms with Crippen molar-refractivity contribution in [1.29, 1.82) is 0 Å². The second-order valence-electron chi connectivity index (χ2n) is 4.66. The van der Waals surface area contributed by atoms with E-state index in [0.717, 1.165) is 5.69 Å². The lowest BCUT2D eigenvalue weighted by Gasteiger charge is -2.11. The minimum Gasteiger partial charge on any atom is -0.507 e. The van der Waals surface area contributed by atoms with Gasteiger partial charge in [-0.3, -0.25) is 4.57 Å². The molecule has 0 spiro atoms. The van der Waals surface area contributed by atoms with E-state index in [1.165, 1.54) is 7.11 Å². The summed E-state index contributed by atoms with van der Waals surface area (Å²) in [6.07, 6.45) is 1.54. The van der Waals surface area contributed by atoms with Gasteiger partial charge in [-0.25, -0.2) is 9.78 Å². The lowest BCUT2D eigenvalue weighted by Crippen LogP contribution is -2.05. The van der Waals surface area contributed by atoms with Crippen LogP contribution in [0.1, 0.15) is 10.5 Å². The van der Waals surface area contributed by atoms with E-state index in [-0.39, 0.29) is 11.4 Å². The van der Waals surface area contributed by atoms with Crippen LogP contribution in [0.2, 0.25) is 0 Å². The van der Waals surface area contributed by atoms with E-state index in [4.69, 9.17) is 4.74 Å². The van der Waals surface area contributed by atoms with Crippen molar-refractivity contribution in [1.82, 2.24) is 9.55 Å². The first kappa shape index (κ1) is 13.9. The lowest BCUT2D eigenvalue weighted by molar-refractivity contribution is 0.0595. The SMILES string of the molecule is COC(=O)c1ncn(-c2ccccc2)c1-c1ccccc1O. The van der Waals surface area contributed by atoms with Crippen LogP contribution in [0.15, 0.2) is 60.9 Å². The number of aromatic nitrogens is 2. The summed E-state index contributed by atoms with van der Waals surface area (Å²) in [7, 11) is 1.30. The molecule has 1 N–H and O–H groups in total. The number of ether oxygens (including phenoxy) is 1. The number of carbonyl (C=O) groups is 1. The van der Waals surface area contributed by atoms with Crippen LogP contribution in [-0.4, -0.2) is 27.7 Å². The highest BCUT2D eigenvalue weighted by molar-refractivity contribution is 5.95. The molecule has 0 atom stereocenters. The highest BCUT2D eigenvalue weighted by Crippen LogP contribution is 2.33. The quantitative estimate of drug-likeness (QED) is 0.754. The molecule has 0 saturated carbocycles. The molecule has 0 aliphatic rings. The maximum Gasteiger partial charge on any atom is 0.358 e. The Kier molecular flexibility index (Phi) is 3.62. The van der Waals surface area contributed by atoms with E-state index >= 15 is 0 Å². The summed E-state index contributed by atoms with van der Waals surface area (Å²) in [6, 6.07) is 16.3. The molecule has 0 radical (unpaired) electrons. The number of imidazole rings is 1. The second kappa shape index (κ2) is 5.73. The number of hydrogen-bond donors (Lipinski definition) is 1. The molecule has 0 bridgehead atoms. The Morgan fingerprint density at radius 2 is 1.77 bits per heavy atom. The molecule has 0 unspecified atom stereocenters. The third-order valence-corrected chi connectivity index (χ3v) is 3.34. The molecule has 0 amide bonds. The molecular formula is C17H14N2O3. The first-order chi connectivity index (χ1) is 10.7. The van der Waals surface area contributed by atoms with Crippen LogP contribution in [-0.2, 0) is 4.74 Å². The molecule has 0 saturated heterocycles. The van der Waals surface area contributed by atoms with Gasteiger partial charge in [0.15, 0.2) is 5.69 Å². The predicted octanol–water partition coefficient (Wildman–Crippen LogP) is 3.03.